The molecule has 1 fully saturated rings. The van der Waals surface area contributed by atoms with E-state index in [1.54, 1.807) is 0 Å². The SMILES string of the molecule is CSC1=C(SC)SC2(S1)SC1(SC(SC)=C(SC)S1)[C@H](c1ccccc1C)[C@H]2c1ccccc1C. The van der Waals surface area contributed by atoms with E-state index in [4.69, 9.17) is 0 Å². The molecular formula is C26H28S9. The fraction of sp³-hybridized carbons (Fsp3) is 0.385. The zero-order valence-electron chi connectivity index (χ0n) is 20.4. The Balaban J connectivity index is 1.75. The molecule has 35 heavy (non-hydrogen) atoms. The Bertz CT molecular complexity index is 1060. The molecule has 9 heteroatoms. The molecule has 0 aromatic heterocycles. The van der Waals surface area contributed by atoms with Crippen LogP contribution in [-0.2, 0) is 0 Å². The molecule has 0 saturated carbocycles. The Morgan fingerprint density at radius 3 is 1.14 bits per heavy atom. The minimum Gasteiger partial charge on any atom is -0.121 e. The second kappa shape index (κ2) is 11.3. The predicted octanol–water partition coefficient (Wildman–Crippen LogP) is 10.9. The van der Waals surface area contributed by atoms with Crippen LogP contribution in [0.15, 0.2) is 65.5 Å². The lowest BCUT2D eigenvalue weighted by atomic mass is 9.80. The van der Waals surface area contributed by atoms with Crippen LogP contribution in [0.3, 0.4) is 0 Å². The molecule has 3 aliphatic rings. The monoisotopic (exact) mass is 628 g/mol. The zero-order valence-corrected chi connectivity index (χ0v) is 27.8. The maximum Gasteiger partial charge on any atom is 0.126 e. The first-order chi connectivity index (χ1) is 16.9. The number of hydrogen-bond donors (Lipinski definition) is 0. The van der Waals surface area contributed by atoms with E-state index < -0.39 is 0 Å². The van der Waals surface area contributed by atoms with E-state index in [2.05, 4.69) is 146 Å². The molecule has 1 saturated heterocycles. The van der Waals surface area contributed by atoms with Gasteiger partial charge in [0, 0.05) is 11.8 Å². The van der Waals surface area contributed by atoms with Gasteiger partial charge in [-0.3, -0.25) is 0 Å². The minimum atomic E-state index is 0.00707. The Kier molecular flexibility index (Phi) is 8.91. The van der Waals surface area contributed by atoms with E-state index in [1.165, 1.54) is 39.2 Å². The van der Waals surface area contributed by atoms with Crippen molar-refractivity contribution in [1.29, 1.82) is 0 Å². The van der Waals surface area contributed by atoms with Gasteiger partial charge in [0.1, 0.15) is 6.82 Å². The van der Waals surface area contributed by atoms with Crippen LogP contribution in [0.4, 0.5) is 0 Å². The second-order valence-electron chi connectivity index (χ2n) is 8.35. The maximum atomic E-state index is 2.41. The van der Waals surface area contributed by atoms with Crippen molar-refractivity contribution in [2.24, 2.45) is 0 Å². The van der Waals surface area contributed by atoms with Gasteiger partial charge in [-0.2, -0.15) is 0 Å². The smallest absolute Gasteiger partial charge is 0.121 e. The third kappa shape index (κ3) is 4.83. The second-order valence-corrected chi connectivity index (χ2v) is 20.7. The van der Waals surface area contributed by atoms with Crippen LogP contribution in [-0.4, -0.2) is 31.8 Å². The molecule has 0 bridgehead atoms. The highest BCUT2D eigenvalue weighted by atomic mass is 32.3. The Morgan fingerprint density at radius 2 is 0.857 bits per heavy atom. The molecule has 5 rings (SSSR count). The van der Waals surface area contributed by atoms with Gasteiger partial charge in [0.2, 0.25) is 0 Å². The largest absolute Gasteiger partial charge is 0.126 e. The molecule has 0 radical (unpaired) electrons. The lowest BCUT2D eigenvalue weighted by Crippen LogP contribution is -2.26. The molecule has 2 aromatic carbocycles. The first-order valence-electron chi connectivity index (χ1n) is 11.1. The van der Waals surface area contributed by atoms with Crippen LogP contribution >= 0.6 is 106 Å². The summed E-state index contributed by atoms with van der Waals surface area (Å²) in [5.41, 5.74) is 5.84. The Morgan fingerprint density at radius 1 is 0.543 bits per heavy atom. The first kappa shape index (κ1) is 27.6. The van der Waals surface area contributed by atoms with E-state index in [-0.39, 0.29) is 6.82 Å². The molecular weight excluding hydrogens is 601 g/mol. The van der Waals surface area contributed by atoms with Crippen LogP contribution in [0.1, 0.15) is 34.1 Å². The summed E-state index contributed by atoms with van der Waals surface area (Å²) in [4.78, 5) is 0. The van der Waals surface area contributed by atoms with Crippen molar-refractivity contribution < 1.29 is 0 Å². The lowest BCUT2D eigenvalue weighted by molar-refractivity contribution is 0.604. The molecule has 3 aliphatic heterocycles. The average molecular weight is 629 g/mol. The van der Waals surface area contributed by atoms with Gasteiger partial charge in [-0.25, -0.2) is 0 Å². The average Bonchev–Trinajstić information content (AvgIpc) is 3.50. The number of aryl methyl sites for hydroxylation is 2. The van der Waals surface area contributed by atoms with Gasteiger partial charge in [0.25, 0.3) is 0 Å². The predicted molar refractivity (Wildman–Crippen MR) is 179 cm³/mol. The highest BCUT2D eigenvalue weighted by molar-refractivity contribution is 8.53. The van der Waals surface area contributed by atoms with E-state index in [9.17, 15) is 0 Å². The van der Waals surface area contributed by atoms with Crippen molar-refractivity contribution in [2.45, 2.75) is 32.5 Å². The molecule has 0 N–H and O–H groups in total. The topological polar surface area (TPSA) is 0 Å². The van der Waals surface area contributed by atoms with Crippen molar-refractivity contribution in [3.05, 3.63) is 87.7 Å². The molecule has 0 aliphatic carbocycles. The van der Waals surface area contributed by atoms with Crippen molar-refractivity contribution in [1.82, 2.24) is 0 Å². The summed E-state index contributed by atoms with van der Waals surface area (Å²) in [5.74, 6) is 0.779. The summed E-state index contributed by atoms with van der Waals surface area (Å²) in [5, 5.41) is 0. The molecule has 0 nitrogen and oxygen atoms in total. The van der Waals surface area contributed by atoms with Crippen molar-refractivity contribution in [2.75, 3.05) is 25.0 Å². The van der Waals surface area contributed by atoms with Gasteiger partial charge in [0.15, 0.2) is 0 Å². The standard InChI is InChI=1S/C26H28S9/c1-15-11-7-9-13-17(15)19-20(18-14-10-8-12-16(18)2)26(33-23(29-5)24(30-6)34-26)35-25(19)31-21(27-3)22(28-4)32-25/h7-14,19-20H,1-6H3/t19-,20-/m1/s1. The van der Waals surface area contributed by atoms with E-state index in [0.717, 1.165) is 0 Å². The highest BCUT2D eigenvalue weighted by Crippen LogP contribution is 2.86. The summed E-state index contributed by atoms with van der Waals surface area (Å²) < 4.78 is 5.98. The summed E-state index contributed by atoms with van der Waals surface area (Å²) in [6.07, 6.45) is 8.97. The molecule has 2 aromatic rings. The van der Waals surface area contributed by atoms with Gasteiger partial charge in [-0.05, 0) is 61.1 Å². The Labute approximate surface area is 248 Å². The number of benzene rings is 2. The van der Waals surface area contributed by atoms with Crippen molar-refractivity contribution >= 4 is 106 Å². The normalized spacial score (nSPS) is 25.0. The minimum absolute atomic E-state index is 0.00707. The Hall–Kier alpha value is 1.07. The third-order valence-electron chi connectivity index (χ3n) is 6.44. The first-order valence-corrected chi connectivity index (χ1v) is 20.1. The van der Waals surface area contributed by atoms with Crippen LogP contribution in [0.5, 0.6) is 0 Å². The van der Waals surface area contributed by atoms with Crippen LogP contribution in [0.2, 0.25) is 0 Å². The molecule has 0 amide bonds. The quantitative estimate of drug-likeness (QED) is 0.304. The highest BCUT2D eigenvalue weighted by Gasteiger charge is 2.68. The van der Waals surface area contributed by atoms with Gasteiger partial charge in [0.05, 0.1) is 16.9 Å². The van der Waals surface area contributed by atoms with Gasteiger partial charge >= 0.3 is 0 Å². The number of rotatable bonds is 6. The van der Waals surface area contributed by atoms with Gasteiger partial charge in [-0.15, -0.1) is 58.8 Å². The summed E-state index contributed by atoms with van der Waals surface area (Å²) in [7, 11) is 0. The van der Waals surface area contributed by atoms with Crippen molar-refractivity contribution in [3.63, 3.8) is 0 Å². The van der Waals surface area contributed by atoms with Gasteiger partial charge < -0.3 is 0 Å². The molecule has 0 unspecified atom stereocenters. The zero-order chi connectivity index (χ0) is 24.8. The number of thioether (sulfide) groups is 9. The third-order valence-corrected chi connectivity index (χ3v) is 20.6. The summed E-state index contributed by atoms with van der Waals surface area (Å²) in [6, 6.07) is 18.3. The molecule has 3 heterocycles. The van der Waals surface area contributed by atoms with Gasteiger partial charge in [-0.1, -0.05) is 95.6 Å². The van der Waals surface area contributed by atoms with E-state index >= 15 is 0 Å². The number of hydrogen-bond acceptors (Lipinski definition) is 9. The fourth-order valence-electron chi connectivity index (χ4n) is 4.91. The van der Waals surface area contributed by atoms with Crippen LogP contribution in [0, 0.1) is 13.8 Å². The summed E-state index contributed by atoms with van der Waals surface area (Å²) >= 11 is 18.5. The fourth-order valence-corrected chi connectivity index (χ4v) is 22.1. The summed E-state index contributed by atoms with van der Waals surface area (Å²) in [6.45, 7) is 4.62. The van der Waals surface area contributed by atoms with Crippen molar-refractivity contribution in [3.8, 4) is 0 Å². The molecule has 2 atom stereocenters. The van der Waals surface area contributed by atoms with E-state index in [0.29, 0.717) is 11.8 Å². The van der Waals surface area contributed by atoms with Crippen LogP contribution in [0.25, 0.3) is 0 Å². The van der Waals surface area contributed by atoms with E-state index in [1.807, 2.05) is 47.0 Å². The lowest BCUT2D eigenvalue weighted by Gasteiger charge is -2.35. The van der Waals surface area contributed by atoms with Crippen LogP contribution < -0.4 is 0 Å². The molecule has 186 valence electrons. The molecule has 2 spiro atoms. The maximum absolute atomic E-state index is 2.41.